The van der Waals surface area contributed by atoms with E-state index in [9.17, 15) is 0 Å². The number of aromatic nitrogens is 2. The summed E-state index contributed by atoms with van der Waals surface area (Å²) in [7, 11) is 0. The second-order valence-electron chi connectivity index (χ2n) is 4.92. The lowest BCUT2D eigenvalue weighted by Gasteiger charge is -2.13. The molecule has 0 saturated heterocycles. The molecule has 0 spiro atoms. The van der Waals surface area contributed by atoms with Gasteiger partial charge in [-0.25, -0.2) is 4.98 Å². The summed E-state index contributed by atoms with van der Waals surface area (Å²) in [5, 5.41) is 7.88. The molecule has 3 nitrogen and oxygen atoms in total. The molecular weight excluding hydrogens is 266 g/mol. The topological polar surface area (TPSA) is 29.9 Å². The van der Waals surface area contributed by atoms with Crippen LogP contribution in [0.4, 0.5) is 0 Å². The Morgan fingerprint density at radius 3 is 2.90 bits per heavy atom. The molecule has 1 atom stereocenters. The highest BCUT2D eigenvalue weighted by molar-refractivity contribution is 7.07. The van der Waals surface area contributed by atoms with Crippen molar-refractivity contribution in [2.75, 3.05) is 0 Å². The van der Waals surface area contributed by atoms with Gasteiger partial charge in [0.05, 0.1) is 17.6 Å². The molecule has 3 rings (SSSR count). The summed E-state index contributed by atoms with van der Waals surface area (Å²) in [4.78, 5) is 4.74. The maximum absolute atomic E-state index is 4.74. The first-order valence-corrected chi connectivity index (χ1v) is 7.93. The lowest BCUT2D eigenvalue weighted by Crippen LogP contribution is -2.20. The molecule has 104 valence electrons. The normalized spacial score (nSPS) is 12.9. The van der Waals surface area contributed by atoms with Crippen LogP contribution in [0, 0.1) is 0 Å². The third kappa shape index (κ3) is 2.49. The highest BCUT2D eigenvalue weighted by Gasteiger charge is 2.11. The minimum absolute atomic E-state index is 0.353. The second-order valence-corrected chi connectivity index (χ2v) is 5.70. The molecule has 2 heterocycles. The van der Waals surface area contributed by atoms with Gasteiger partial charge in [0.25, 0.3) is 0 Å². The third-order valence-corrected chi connectivity index (χ3v) is 4.36. The van der Waals surface area contributed by atoms with Crippen LogP contribution >= 0.6 is 11.3 Å². The number of nitrogens with zero attached hydrogens (tertiary/aromatic N) is 2. The number of aryl methyl sites for hydroxylation is 1. The van der Waals surface area contributed by atoms with Crippen LogP contribution in [0.25, 0.3) is 11.0 Å². The molecule has 0 aliphatic heterocycles. The molecule has 0 bridgehead atoms. The van der Waals surface area contributed by atoms with Crippen molar-refractivity contribution in [3.05, 3.63) is 52.5 Å². The number of hydrogen-bond donors (Lipinski definition) is 1. The summed E-state index contributed by atoms with van der Waals surface area (Å²) in [6.07, 6.45) is 0. The van der Waals surface area contributed by atoms with E-state index < -0.39 is 0 Å². The summed E-state index contributed by atoms with van der Waals surface area (Å²) in [6, 6.07) is 10.9. The molecule has 0 amide bonds. The number of hydrogen-bond acceptors (Lipinski definition) is 3. The Morgan fingerprint density at radius 1 is 1.30 bits per heavy atom. The quantitative estimate of drug-likeness (QED) is 0.768. The minimum atomic E-state index is 0.353. The summed E-state index contributed by atoms with van der Waals surface area (Å²) < 4.78 is 2.28. The zero-order valence-electron chi connectivity index (χ0n) is 11.8. The molecule has 2 aromatic heterocycles. The fourth-order valence-corrected chi connectivity index (χ4v) is 3.25. The van der Waals surface area contributed by atoms with Gasteiger partial charge in [-0.1, -0.05) is 12.1 Å². The van der Waals surface area contributed by atoms with Gasteiger partial charge < -0.3 is 9.88 Å². The van der Waals surface area contributed by atoms with Crippen molar-refractivity contribution in [1.82, 2.24) is 14.9 Å². The number of imidazole rings is 1. The zero-order chi connectivity index (χ0) is 13.9. The van der Waals surface area contributed by atoms with E-state index in [0.29, 0.717) is 6.04 Å². The molecule has 20 heavy (non-hydrogen) atoms. The molecule has 0 aliphatic rings. The van der Waals surface area contributed by atoms with Gasteiger partial charge in [0, 0.05) is 12.6 Å². The third-order valence-electron chi connectivity index (χ3n) is 3.66. The van der Waals surface area contributed by atoms with E-state index in [-0.39, 0.29) is 0 Å². The Labute approximate surface area is 123 Å². The fraction of sp³-hybridized carbons (Fsp3) is 0.312. The van der Waals surface area contributed by atoms with E-state index in [1.807, 2.05) is 6.07 Å². The first-order chi connectivity index (χ1) is 9.79. The van der Waals surface area contributed by atoms with Gasteiger partial charge in [-0.2, -0.15) is 11.3 Å². The molecule has 0 radical (unpaired) electrons. The SMILES string of the molecule is CCn1c(CNC(C)c2ccsc2)nc2ccccc21. The van der Waals surface area contributed by atoms with E-state index in [4.69, 9.17) is 4.98 Å². The predicted molar refractivity (Wildman–Crippen MR) is 85.0 cm³/mol. The average molecular weight is 285 g/mol. The van der Waals surface area contributed by atoms with Gasteiger partial charge in [0.15, 0.2) is 0 Å². The second kappa shape index (κ2) is 5.77. The van der Waals surface area contributed by atoms with Crippen LogP contribution in [-0.2, 0) is 13.1 Å². The zero-order valence-corrected chi connectivity index (χ0v) is 12.7. The number of rotatable bonds is 5. The number of benzene rings is 1. The van der Waals surface area contributed by atoms with Crippen molar-refractivity contribution in [3.63, 3.8) is 0 Å². The summed E-state index contributed by atoms with van der Waals surface area (Å²) in [5.41, 5.74) is 3.64. The van der Waals surface area contributed by atoms with Crippen molar-refractivity contribution in [2.45, 2.75) is 33.0 Å². The van der Waals surface area contributed by atoms with Crippen molar-refractivity contribution in [1.29, 1.82) is 0 Å². The van der Waals surface area contributed by atoms with Gasteiger partial charge >= 0.3 is 0 Å². The molecule has 1 N–H and O–H groups in total. The first-order valence-electron chi connectivity index (χ1n) is 6.99. The van der Waals surface area contributed by atoms with Crippen molar-refractivity contribution < 1.29 is 0 Å². The van der Waals surface area contributed by atoms with Crippen LogP contribution in [0.15, 0.2) is 41.1 Å². The summed E-state index contributed by atoms with van der Waals surface area (Å²) >= 11 is 1.74. The van der Waals surface area contributed by atoms with Crippen molar-refractivity contribution in [3.8, 4) is 0 Å². The number of thiophene rings is 1. The lowest BCUT2D eigenvalue weighted by atomic mass is 10.2. The average Bonchev–Trinajstić information content (AvgIpc) is 3.11. The number of nitrogens with one attached hydrogen (secondary N) is 1. The van der Waals surface area contributed by atoms with Gasteiger partial charge in [0.1, 0.15) is 5.82 Å². The smallest absolute Gasteiger partial charge is 0.123 e. The van der Waals surface area contributed by atoms with Crippen molar-refractivity contribution in [2.24, 2.45) is 0 Å². The molecule has 0 aliphatic carbocycles. The maximum Gasteiger partial charge on any atom is 0.123 e. The predicted octanol–water partition coefficient (Wildman–Crippen LogP) is 3.97. The summed E-state index contributed by atoms with van der Waals surface area (Å²) in [5.74, 6) is 1.11. The van der Waals surface area contributed by atoms with Crippen LogP contribution in [0.2, 0.25) is 0 Å². The van der Waals surface area contributed by atoms with E-state index in [2.05, 4.69) is 58.8 Å². The van der Waals surface area contributed by atoms with E-state index >= 15 is 0 Å². The van der Waals surface area contributed by atoms with Crippen LogP contribution in [-0.4, -0.2) is 9.55 Å². The minimum Gasteiger partial charge on any atom is -0.327 e. The Bertz CT molecular complexity index is 685. The van der Waals surface area contributed by atoms with Crippen LogP contribution in [0.3, 0.4) is 0 Å². The van der Waals surface area contributed by atoms with Crippen LogP contribution < -0.4 is 5.32 Å². The van der Waals surface area contributed by atoms with E-state index in [0.717, 1.165) is 24.4 Å². The Kier molecular flexibility index (Phi) is 3.85. The molecule has 1 unspecified atom stereocenters. The molecule has 3 aromatic rings. The first kappa shape index (κ1) is 13.3. The Balaban J connectivity index is 1.80. The molecule has 4 heteroatoms. The monoisotopic (exact) mass is 285 g/mol. The molecule has 0 fully saturated rings. The van der Waals surface area contributed by atoms with Crippen molar-refractivity contribution >= 4 is 22.4 Å². The van der Waals surface area contributed by atoms with Crippen LogP contribution in [0.1, 0.15) is 31.3 Å². The highest BCUT2D eigenvalue weighted by atomic mass is 32.1. The van der Waals surface area contributed by atoms with Gasteiger partial charge in [0.2, 0.25) is 0 Å². The molecule has 0 saturated carbocycles. The summed E-state index contributed by atoms with van der Waals surface area (Å²) in [6.45, 7) is 6.10. The van der Waals surface area contributed by atoms with Crippen LogP contribution in [0.5, 0.6) is 0 Å². The van der Waals surface area contributed by atoms with Gasteiger partial charge in [-0.05, 0) is 48.4 Å². The van der Waals surface area contributed by atoms with Gasteiger partial charge in [-0.3, -0.25) is 0 Å². The largest absolute Gasteiger partial charge is 0.327 e. The fourth-order valence-electron chi connectivity index (χ4n) is 2.50. The number of para-hydroxylation sites is 2. The Hall–Kier alpha value is -1.65. The molecule has 1 aromatic carbocycles. The number of fused-ring (bicyclic) bond motifs is 1. The highest BCUT2D eigenvalue weighted by Crippen LogP contribution is 2.18. The van der Waals surface area contributed by atoms with Gasteiger partial charge in [-0.15, -0.1) is 0 Å². The standard InChI is InChI=1S/C16H19N3S/c1-3-19-15-7-5-4-6-14(15)18-16(19)10-17-12(2)13-8-9-20-11-13/h4-9,11-12,17H,3,10H2,1-2H3. The lowest BCUT2D eigenvalue weighted by molar-refractivity contribution is 0.544. The maximum atomic E-state index is 4.74. The van der Waals surface area contributed by atoms with E-state index in [1.165, 1.54) is 11.1 Å². The Morgan fingerprint density at radius 2 is 2.15 bits per heavy atom. The van der Waals surface area contributed by atoms with E-state index in [1.54, 1.807) is 11.3 Å². The molecular formula is C16H19N3S.